The molecule has 3 saturated carbocycles. The van der Waals surface area contributed by atoms with Crippen LogP contribution in [0.5, 0.6) is 0 Å². The van der Waals surface area contributed by atoms with Gasteiger partial charge in [0.15, 0.2) is 0 Å². The molecule has 0 spiro atoms. The summed E-state index contributed by atoms with van der Waals surface area (Å²) in [6, 6.07) is 10.4. The molecule has 8 atom stereocenters. The van der Waals surface area contributed by atoms with Gasteiger partial charge in [-0.2, -0.15) is 0 Å². The molecule has 4 aliphatic rings. The van der Waals surface area contributed by atoms with Crippen LogP contribution < -0.4 is 0 Å². The van der Waals surface area contributed by atoms with Gasteiger partial charge in [-0.3, -0.25) is 0 Å². The zero-order chi connectivity index (χ0) is 28.9. The fourth-order valence-corrected chi connectivity index (χ4v) is 10.1. The van der Waals surface area contributed by atoms with E-state index in [9.17, 15) is 0 Å². The lowest BCUT2D eigenvalue weighted by molar-refractivity contribution is -0.0621. The zero-order valence-corrected chi connectivity index (χ0v) is 27.1. The number of rotatable bonds is 13. The molecule has 228 valence electrons. The van der Waals surface area contributed by atoms with Gasteiger partial charge in [0.1, 0.15) is 0 Å². The minimum atomic E-state index is 0.390. The third-order valence-corrected chi connectivity index (χ3v) is 12.4. The lowest BCUT2D eigenvalue weighted by Crippen LogP contribution is -2.51. The van der Waals surface area contributed by atoms with Crippen molar-refractivity contribution in [3.05, 3.63) is 59.7 Å². The average molecular weight is 561 g/mol. The molecule has 1 aromatic rings. The van der Waals surface area contributed by atoms with Gasteiger partial charge in [0.2, 0.25) is 0 Å². The van der Waals surface area contributed by atoms with E-state index in [1.807, 2.05) is 6.07 Å². The van der Waals surface area contributed by atoms with Crippen LogP contribution in [-0.4, -0.2) is 19.3 Å². The van der Waals surface area contributed by atoms with E-state index in [1.54, 1.807) is 5.57 Å². The second-order valence-electron chi connectivity index (χ2n) is 15.3. The first-order valence-electron chi connectivity index (χ1n) is 17.4. The molecular formula is C39H60O2. The Balaban J connectivity index is 1.08. The van der Waals surface area contributed by atoms with E-state index in [0.29, 0.717) is 23.5 Å². The van der Waals surface area contributed by atoms with Crippen LogP contribution in [0.3, 0.4) is 0 Å². The molecule has 0 N–H and O–H groups in total. The first-order chi connectivity index (χ1) is 19.8. The minimum Gasteiger partial charge on any atom is -0.376 e. The molecule has 0 radical (unpaired) electrons. The van der Waals surface area contributed by atoms with Crippen molar-refractivity contribution in [2.24, 2.45) is 46.3 Å². The van der Waals surface area contributed by atoms with Crippen LogP contribution in [0, 0.1) is 46.3 Å². The maximum Gasteiger partial charge on any atom is 0.0717 e. The summed E-state index contributed by atoms with van der Waals surface area (Å²) >= 11 is 0. The van der Waals surface area contributed by atoms with Crippen LogP contribution in [0.4, 0.5) is 0 Å². The third kappa shape index (κ3) is 7.06. The Hall–Kier alpha value is -1.38. The Morgan fingerprint density at radius 2 is 1.76 bits per heavy atom. The highest BCUT2D eigenvalue weighted by Crippen LogP contribution is 2.67. The van der Waals surface area contributed by atoms with Gasteiger partial charge in [-0.25, -0.2) is 0 Å². The topological polar surface area (TPSA) is 18.5 Å². The van der Waals surface area contributed by atoms with Crippen molar-refractivity contribution in [1.82, 2.24) is 0 Å². The van der Waals surface area contributed by atoms with Crippen molar-refractivity contribution in [1.29, 1.82) is 0 Å². The Bertz CT molecular complexity index is 1010. The summed E-state index contributed by atoms with van der Waals surface area (Å²) in [7, 11) is 0. The number of hydrogen-bond donors (Lipinski definition) is 0. The van der Waals surface area contributed by atoms with Gasteiger partial charge >= 0.3 is 0 Å². The lowest BCUT2D eigenvalue weighted by atomic mass is 9.47. The van der Waals surface area contributed by atoms with Crippen molar-refractivity contribution < 1.29 is 9.47 Å². The highest BCUT2D eigenvalue weighted by Gasteiger charge is 2.59. The molecule has 0 bridgehead atoms. The van der Waals surface area contributed by atoms with E-state index >= 15 is 0 Å². The van der Waals surface area contributed by atoms with Gasteiger partial charge in [-0.15, -0.1) is 0 Å². The van der Waals surface area contributed by atoms with Crippen LogP contribution in [0.1, 0.15) is 117 Å². The number of benzene rings is 1. The zero-order valence-electron chi connectivity index (χ0n) is 27.1. The molecule has 0 saturated heterocycles. The second kappa shape index (κ2) is 13.9. The molecule has 2 heteroatoms. The van der Waals surface area contributed by atoms with E-state index < -0.39 is 0 Å². The molecule has 1 aromatic carbocycles. The molecular weight excluding hydrogens is 500 g/mol. The summed E-state index contributed by atoms with van der Waals surface area (Å²) in [5.74, 6) is 5.46. The van der Waals surface area contributed by atoms with Crippen LogP contribution in [0.25, 0.3) is 0 Å². The van der Waals surface area contributed by atoms with Crippen LogP contribution in [0.2, 0.25) is 0 Å². The summed E-state index contributed by atoms with van der Waals surface area (Å²) in [6.07, 6.45) is 23.7. The molecule has 41 heavy (non-hydrogen) atoms. The minimum absolute atomic E-state index is 0.390. The predicted molar refractivity (Wildman–Crippen MR) is 173 cm³/mol. The van der Waals surface area contributed by atoms with Crippen LogP contribution in [-0.2, 0) is 16.1 Å². The number of allylic oxidation sites excluding steroid dienone is 1. The molecule has 0 amide bonds. The maximum atomic E-state index is 6.39. The van der Waals surface area contributed by atoms with Gasteiger partial charge in [0, 0.05) is 0 Å². The summed E-state index contributed by atoms with van der Waals surface area (Å²) in [4.78, 5) is 0. The fourth-order valence-electron chi connectivity index (χ4n) is 10.1. The quantitative estimate of drug-likeness (QED) is 0.176. The van der Waals surface area contributed by atoms with E-state index in [4.69, 9.17) is 9.47 Å². The van der Waals surface area contributed by atoms with Gasteiger partial charge in [0.25, 0.3) is 0 Å². The Kier molecular flexibility index (Phi) is 10.6. The Labute approximate surface area is 252 Å². The van der Waals surface area contributed by atoms with Gasteiger partial charge in [-0.1, -0.05) is 108 Å². The summed E-state index contributed by atoms with van der Waals surface area (Å²) in [5.41, 5.74) is 3.98. The predicted octanol–water partition coefficient (Wildman–Crippen LogP) is 10.6. The van der Waals surface area contributed by atoms with E-state index in [-0.39, 0.29) is 0 Å². The Morgan fingerprint density at radius 3 is 2.56 bits per heavy atom. The summed E-state index contributed by atoms with van der Waals surface area (Å²) in [6.45, 7) is 14.9. The third-order valence-electron chi connectivity index (χ3n) is 12.4. The second-order valence-corrected chi connectivity index (χ2v) is 15.3. The molecule has 2 nitrogen and oxygen atoms in total. The SMILES string of the molecule is CC(C)CCCC(C)C1CCC2C3CC=C4CC(OCC=CCCOCc5ccccc5)CCC4(C)C3CCC12C. The van der Waals surface area contributed by atoms with Crippen molar-refractivity contribution >= 4 is 0 Å². The van der Waals surface area contributed by atoms with Gasteiger partial charge in [0.05, 0.1) is 25.9 Å². The maximum absolute atomic E-state index is 6.39. The monoisotopic (exact) mass is 560 g/mol. The molecule has 0 aliphatic heterocycles. The smallest absolute Gasteiger partial charge is 0.0717 e. The molecule has 4 aliphatic carbocycles. The first kappa shape index (κ1) is 31.1. The van der Waals surface area contributed by atoms with E-state index in [2.05, 4.69) is 77.1 Å². The highest BCUT2D eigenvalue weighted by molar-refractivity contribution is 5.25. The number of ether oxygens (including phenoxy) is 2. The molecule has 0 aromatic heterocycles. The van der Waals surface area contributed by atoms with Gasteiger partial charge in [-0.05, 0) is 110 Å². The number of hydrogen-bond acceptors (Lipinski definition) is 2. The van der Waals surface area contributed by atoms with E-state index in [1.165, 1.54) is 69.8 Å². The van der Waals surface area contributed by atoms with Crippen molar-refractivity contribution in [3.8, 4) is 0 Å². The average Bonchev–Trinajstić information content (AvgIpc) is 3.32. The molecule has 8 unspecified atom stereocenters. The standard InChI is InChI=1S/C39H60O2/c1-29(2)13-12-14-30(3)35-19-20-36-34-18-17-32-27-33(21-23-38(32,4)37(34)22-24-39(35,36)5)41-26-11-7-10-25-40-28-31-15-8-6-9-16-31/h6-9,11,15-17,29-30,33-37H,10,12-14,18-28H2,1-5H3. The largest absolute Gasteiger partial charge is 0.376 e. The molecule has 0 heterocycles. The number of fused-ring (bicyclic) bond motifs is 5. The normalized spacial score (nSPS) is 35.7. The van der Waals surface area contributed by atoms with Crippen molar-refractivity contribution in [2.45, 2.75) is 124 Å². The Morgan fingerprint density at radius 1 is 0.927 bits per heavy atom. The lowest BCUT2D eigenvalue weighted by Gasteiger charge is -2.58. The molecule has 3 fully saturated rings. The van der Waals surface area contributed by atoms with Gasteiger partial charge < -0.3 is 9.47 Å². The first-order valence-corrected chi connectivity index (χ1v) is 17.4. The highest BCUT2D eigenvalue weighted by atomic mass is 16.5. The van der Waals surface area contributed by atoms with Crippen LogP contribution in [0.15, 0.2) is 54.1 Å². The van der Waals surface area contributed by atoms with E-state index in [0.717, 1.165) is 61.6 Å². The van der Waals surface area contributed by atoms with Crippen LogP contribution >= 0.6 is 0 Å². The summed E-state index contributed by atoms with van der Waals surface area (Å²) < 4.78 is 12.2. The molecule has 5 rings (SSSR count). The fraction of sp³-hybridized carbons (Fsp3) is 0.744. The summed E-state index contributed by atoms with van der Waals surface area (Å²) in [5, 5.41) is 0. The van der Waals surface area contributed by atoms with Crippen molar-refractivity contribution in [3.63, 3.8) is 0 Å². The van der Waals surface area contributed by atoms with Crippen molar-refractivity contribution in [2.75, 3.05) is 13.2 Å².